The van der Waals surface area contributed by atoms with Crippen molar-refractivity contribution in [2.75, 3.05) is 0 Å². The zero-order chi connectivity index (χ0) is 22.6. The second kappa shape index (κ2) is 8.89. The highest BCUT2D eigenvalue weighted by atomic mass is 16.5. The zero-order valence-electron chi connectivity index (χ0n) is 18.0. The van der Waals surface area contributed by atoms with Crippen molar-refractivity contribution in [3.05, 3.63) is 89.6 Å². The number of nitriles is 1. The van der Waals surface area contributed by atoms with Crippen LogP contribution in [0.4, 0.5) is 0 Å². The van der Waals surface area contributed by atoms with Crippen molar-refractivity contribution in [2.24, 2.45) is 0 Å². The molecule has 7 nitrogen and oxygen atoms in total. The summed E-state index contributed by atoms with van der Waals surface area (Å²) in [5, 5.41) is 24.5. The number of benzene rings is 3. The number of tetrazole rings is 1. The molecule has 2 heterocycles. The van der Waals surface area contributed by atoms with Crippen molar-refractivity contribution in [1.82, 2.24) is 25.6 Å². The number of nitrogens with one attached hydrogen (secondary N) is 1. The molecule has 0 saturated carbocycles. The normalized spacial score (nSPS) is 10.8. The predicted octanol–water partition coefficient (Wildman–Crippen LogP) is 5.09. The fraction of sp³-hybridized carbons (Fsp3) is 0.115. The molecule has 0 radical (unpaired) electrons. The van der Waals surface area contributed by atoms with Crippen molar-refractivity contribution < 1.29 is 4.74 Å². The third-order valence-corrected chi connectivity index (χ3v) is 5.52. The molecule has 0 atom stereocenters. The first-order valence-corrected chi connectivity index (χ1v) is 10.6. The van der Waals surface area contributed by atoms with Crippen LogP contribution in [0.1, 0.15) is 23.7 Å². The number of H-pyrrole nitrogens is 1. The van der Waals surface area contributed by atoms with Crippen LogP contribution in [0.15, 0.2) is 72.8 Å². The fourth-order valence-electron chi connectivity index (χ4n) is 3.81. The molecule has 1 N–H and O–H groups in total. The van der Waals surface area contributed by atoms with Crippen LogP contribution in [-0.4, -0.2) is 25.6 Å². The van der Waals surface area contributed by atoms with Gasteiger partial charge in [-0.3, -0.25) is 4.98 Å². The van der Waals surface area contributed by atoms with Crippen molar-refractivity contribution in [1.29, 1.82) is 5.26 Å². The van der Waals surface area contributed by atoms with E-state index < -0.39 is 0 Å². The summed E-state index contributed by atoms with van der Waals surface area (Å²) in [6, 6.07) is 26.0. The Labute approximate surface area is 190 Å². The Bertz CT molecular complexity index is 1450. The standard InChI is InChI=1S/C26H20N6O/c1-2-20-14-24(23-9-5-6-19(15-27)25(23)28-20)33-16-17-10-12-18(13-11-17)21-7-3-4-8-22(21)26-29-31-32-30-26/h3-14H,2,16H2,1H3,(H,29,30,31,32). The van der Waals surface area contributed by atoms with E-state index in [9.17, 15) is 5.26 Å². The number of ether oxygens (including phenoxy) is 1. The van der Waals surface area contributed by atoms with E-state index in [0.717, 1.165) is 45.5 Å². The lowest BCUT2D eigenvalue weighted by molar-refractivity contribution is 0.309. The van der Waals surface area contributed by atoms with Gasteiger partial charge < -0.3 is 4.74 Å². The largest absolute Gasteiger partial charge is 0.488 e. The van der Waals surface area contributed by atoms with Gasteiger partial charge in [-0.15, -0.1) is 5.10 Å². The van der Waals surface area contributed by atoms with E-state index in [1.54, 1.807) is 6.07 Å². The van der Waals surface area contributed by atoms with E-state index in [0.29, 0.717) is 23.5 Å². The molecule has 0 fully saturated rings. The van der Waals surface area contributed by atoms with Crippen LogP contribution < -0.4 is 4.74 Å². The van der Waals surface area contributed by atoms with E-state index in [4.69, 9.17) is 4.74 Å². The van der Waals surface area contributed by atoms with Gasteiger partial charge in [0.05, 0.1) is 11.1 Å². The summed E-state index contributed by atoms with van der Waals surface area (Å²) in [7, 11) is 0. The molecule has 0 aliphatic heterocycles. The van der Waals surface area contributed by atoms with E-state index in [1.807, 2.05) is 49.4 Å². The van der Waals surface area contributed by atoms with E-state index in [-0.39, 0.29) is 0 Å². The molecule has 0 unspecified atom stereocenters. The van der Waals surface area contributed by atoms with Crippen LogP contribution in [-0.2, 0) is 13.0 Å². The Kier molecular flexibility index (Phi) is 5.48. The molecule has 7 heteroatoms. The molecule has 5 rings (SSSR count). The first-order chi connectivity index (χ1) is 16.3. The quantitative estimate of drug-likeness (QED) is 0.401. The van der Waals surface area contributed by atoms with Gasteiger partial charge in [0, 0.05) is 22.7 Å². The molecule has 5 aromatic rings. The summed E-state index contributed by atoms with van der Waals surface area (Å²) < 4.78 is 6.19. The van der Waals surface area contributed by atoms with E-state index >= 15 is 0 Å². The predicted molar refractivity (Wildman–Crippen MR) is 125 cm³/mol. The second-order valence-electron chi connectivity index (χ2n) is 7.56. The number of pyridine rings is 1. The van der Waals surface area contributed by atoms with Gasteiger partial charge in [0.25, 0.3) is 0 Å². The van der Waals surface area contributed by atoms with Crippen LogP contribution in [0.2, 0.25) is 0 Å². The summed E-state index contributed by atoms with van der Waals surface area (Å²) in [4.78, 5) is 4.64. The van der Waals surface area contributed by atoms with Crippen molar-refractivity contribution in [3.8, 4) is 34.3 Å². The highest BCUT2D eigenvalue weighted by Gasteiger charge is 2.12. The molecule has 0 aliphatic rings. The summed E-state index contributed by atoms with van der Waals surface area (Å²) in [6.07, 6.45) is 0.765. The number of aromatic amines is 1. The minimum absolute atomic E-state index is 0.410. The molecule has 0 aliphatic carbocycles. The monoisotopic (exact) mass is 432 g/mol. The number of para-hydroxylation sites is 1. The summed E-state index contributed by atoms with van der Waals surface area (Å²) >= 11 is 0. The molecule has 0 amide bonds. The second-order valence-corrected chi connectivity index (χ2v) is 7.56. The van der Waals surface area contributed by atoms with Gasteiger partial charge in [0.1, 0.15) is 18.4 Å². The van der Waals surface area contributed by atoms with Gasteiger partial charge in [-0.05, 0) is 45.7 Å². The molecule has 33 heavy (non-hydrogen) atoms. The van der Waals surface area contributed by atoms with Crippen LogP contribution in [0.25, 0.3) is 33.4 Å². The molecule has 0 saturated heterocycles. The van der Waals surface area contributed by atoms with Crippen LogP contribution >= 0.6 is 0 Å². The number of aromatic nitrogens is 5. The highest BCUT2D eigenvalue weighted by molar-refractivity contribution is 5.89. The number of nitrogens with zero attached hydrogens (tertiary/aromatic N) is 5. The first kappa shape index (κ1) is 20.3. The zero-order valence-corrected chi connectivity index (χ0v) is 18.0. The average molecular weight is 432 g/mol. The minimum Gasteiger partial charge on any atom is -0.488 e. The lowest BCUT2D eigenvalue weighted by Gasteiger charge is -2.12. The Morgan fingerprint density at radius 1 is 0.970 bits per heavy atom. The smallest absolute Gasteiger partial charge is 0.180 e. The molecule has 3 aromatic carbocycles. The van der Waals surface area contributed by atoms with Crippen LogP contribution in [0.3, 0.4) is 0 Å². The van der Waals surface area contributed by atoms with Crippen LogP contribution in [0, 0.1) is 11.3 Å². The molecular formula is C26H20N6O. The van der Waals surface area contributed by atoms with Gasteiger partial charge in [0.15, 0.2) is 5.82 Å². The maximum Gasteiger partial charge on any atom is 0.180 e. The van der Waals surface area contributed by atoms with Crippen LogP contribution in [0.5, 0.6) is 5.75 Å². The number of hydrogen-bond donors (Lipinski definition) is 1. The first-order valence-electron chi connectivity index (χ1n) is 10.6. The third kappa shape index (κ3) is 4.02. The lowest BCUT2D eigenvalue weighted by atomic mass is 9.98. The van der Waals surface area contributed by atoms with E-state index in [2.05, 4.69) is 55.9 Å². The fourth-order valence-corrected chi connectivity index (χ4v) is 3.81. The molecule has 0 bridgehead atoms. The average Bonchev–Trinajstić information content (AvgIpc) is 3.42. The summed E-state index contributed by atoms with van der Waals surface area (Å²) in [5.41, 5.74) is 6.22. The molecule has 2 aromatic heterocycles. The van der Waals surface area contributed by atoms with Crippen molar-refractivity contribution >= 4 is 10.9 Å². The maximum atomic E-state index is 9.45. The minimum atomic E-state index is 0.410. The van der Waals surface area contributed by atoms with Gasteiger partial charge in [-0.2, -0.15) is 5.26 Å². The van der Waals surface area contributed by atoms with E-state index in [1.165, 1.54) is 0 Å². The number of rotatable bonds is 6. The molecular weight excluding hydrogens is 412 g/mol. The lowest BCUT2D eigenvalue weighted by Crippen LogP contribution is -1.99. The Hall–Kier alpha value is -4.57. The Balaban J connectivity index is 1.41. The summed E-state index contributed by atoms with van der Waals surface area (Å²) in [6.45, 7) is 2.45. The topological polar surface area (TPSA) is 100 Å². The number of hydrogen-bond acceptors (Lipinski definition) is 6. The molecule has 0 spiro atoms. The SMILES string of the molecule is CCc1cc(OCc2ccc(-c3ccccc3-c3nnn[nH]3)cc2)c2cccc(C#N)c2n1. The third-order valence-electron chi connectivity index (χ3n) is 5.52. The van der Waals surface area contributed by atoms with Gasteiger partial charge >= 0.3 is 0 Å². The Morgan fingerprint density at radius 3 is 2.52 bits per heavy atom. The van der Waals surface area contributed by atoms with Crippen molar-refractivity contribution in [3.63, 3.8) is 0 Å². The summed E-state index contributed by atoms with van der Waals surface area (Å²) in [5.74, 6) is 1.37. The van der Waals surface area contributed by atoms with Gasteiger partial charge in [0.2, 0.25) is 0 Å². The van der Waals surface area contributed by atoms with Crippen molar-refractivity contribution in [2.45, 2.75) is 20.0 Å². The maximum absolute atomic E-state index is 9.45. The number of aryl methyl sites for hydroxylation is 1. The number of fused-ring (bicyclic) bond motifs is 1. The molecule has 160 valence electrons. The van der Waals surface area contributed by atoms with Gasteiger partial charge in [-0.25, -0.2) is 5.10 Å². The highest BCUT2D eigenvalue weighted by Crippen LogP contribution is 2.31. The Morgan fingerprint density at radius 2 is 1.79 bits per heavy atom. The van der Waals surface area contributed by atoms with Gasteiger partial charge in [-0.1, -0.05) is 61.5 Å².